The number of hydrogen-bond acceptors (Lipinski definition) is 4. The molecule has 24 heavy (non-hydrogen) atoms. The zero-order chi connectivity index (χ0) is 16.8. The first kappa shape index (κ1) is 17.0. The maximum Gasteiger partial charge on any atom is 0.233 e. The van der Waals surface area contributed by atoms with Crippen LogP contribution in [0.3, 0.4) is 0 Å². The normalized spacial score (nSPS) is 15.5. The number of carbonyl (C=O) groups is 1. The number of aromatic nitrogens is 1. The standard InChI is InChI=1S/C19H23N3OS/c1-16-5-4-6-17(13-16)14-21-9-11-22(12-10-21)19(23)15-24-18-7-2-3-8-20-18/h2-8,13H,9-12,14-15H2,1H3. The van der Waals surface area contributed by atoms with E-state index in [4.69, 9.17) is 0 Å². The van der Waals surface area contributed by atoms with Crippen LogP contribution in [0.4, 0.5) is 0 Å². The molecule has 1 aromatic carbocycles. The van der Waals surface area contributed by atoms with Crippen molar-refractivity contribution in [3.63, 3.8) is 0 Å². The number of amides is 1. The summed E-state index contributed by atoms with van der Waals surface area (Å²) >= 11 is 1.51. The van der Waals surface area contributed by atoms with E-state index in [2.05, 4.69) is 41.1 Å². The van der Waals surface area contributed by atoms with Crippen molar-refractivity contribution in [2.75, 3.05) is 31.9 Å². The molecular formula is C19H23N3OS. The first-order valence-electron chi connectivity index (χ1n) is 8.30. The average molecular weight is 341 g/mol. The monoisotopic (exact) mass is 341 g/mol. The Labute approximate surface area is 147 Å². The van der Waals surface area contributed by atoms with Crippen LogP contribution in [0, 0.1) is 6.92 Å². The van der Waals surface area contributed by atoms with Gasteiger partial charge in [0.05, 0.1) is 10.8 Å². The Kier molecular flexibility index (Phi) is 5.88. The molecule has 3 rings (SSSR count). The smallest absolute Gasteiger partial charge is 0.233 e. The van der Waals surface area contributed by atoms with E-state index in [1.807, 2.05) is 23.1 Å². The molecule has 0 N–H and O–H groups in total. The molecule has 1 aliphatic heterocycles. The van der Waals surface area contributed by atoms with Gasteiger partial charge in [-0.15, -0.1) is 0 Å². The van der Waals surface area contributed by atoms with Gasteiger partial charge in [0.2, 0.25) is 5.91 Å². The number of piperazine rings is 1. The van der Waals surface area contributed by atoms with E-state index < -0.39 is 0 Å². The van der Waals surface area contributed by atoms with Crippen LogP contribution in [0.25, 0.3) is 0 Å². The molecule has 1 fully saturated rings. The Morgan fingerprint density at radius 2 is 1.96 bits per heavy atom. The number of pyridine rings is 1. The van der Waals surface area contributed by atoms with E-state index >= 15 is 0 Å². The second-order valence-corrected chi connectivity index (χ2v) is 7.10. The largest absolute Gasteiger partial charge is 0.339 e. The molecule has 2 heterocycles. The number of thioether (sulfide) groups is 1. The van der Waals surface area contributed by atoms with E-state index in [1.165, 1.54) is 22.9 Å². The molecule has 0 saturated carbocycles. The SMILES string of the molecule is Cc1cccc(CN2CCN(C(=O)CSc3ccccn3)CC2)c1. The molecule has 0 spiro atoms. The van der Waals surface area contributed by atoms with Gasteiger partial charge < -0.3 is 4.90 Å². The van der Waals surface area contributed by atoms with Crippen LogP contribution >= 0.6 is 11.8 Å². The predicted octanol–water partition coefficient (Wildman–Crippen LogP) is 2.83. The summed E-state index contributed by atoms with van der Waals surface area (Å²) in [5, 5.41) is 0.906. The van der Waals surface area contributed by atoms with E-state index in [-0.39, 0.29) is 5.91 Å². The summed E-state index contributed by atoms with van der Waals surface area (Å²) in [4.78, 5) is 21.0. The second kappa shape index (κ2) is 8.31. The Morgan fingerprint density at radius 3 is 2.67 bits per heavy atom. The number of hydrogen-bond donors (Lipinski definition) is 0. The molecule has 1 aromatic heterocycles. The number of nitrogens with zero attached hydrogens (tertiary/aromatic N) is 3. The van der Waals surface area contributed by atoms with Crippen molar-refractivity contribution in [3.05, 3.63) is 59.8 Å². The van der Waals surface area contributed by atoms with Crippen LogP contribution in [-0.4, -0.2) is 52.6 Å². The molecule has 0 bridgehead atoms. The van der Waals surface area contributed by atoms with Gasteiger partial charge in [0.15, 0.2) is 0 Å². The molecule has 0 atom stereocenters. The maximum atomic E-state index is 12.3. The summed E-state index contributed by atoms with van der Waals surface area (Å²) in [5.74, 6) is 0.676. The summed E-state index contributed by atoms with van der Waals surface area (Å²) in [6.45, 7) is 6.59. The summed E-state index contributed by atoms with van der Waals surface area (Å²) in [7, 11) is 0. The van der Waals surface area contributed by atoms with Crippen molar-refractivity contribution in [2.24, 2.45) is 0 Å². The molecule has 0 radical (unpaired) electrons. The Bertz CT molecular complexity index is 669. The van der Waals surface area contributed by atoms with Crippen molar-refractivity contribution < 1.29 is 4.79 Å². The third kappa shape index (κ3) is 4.82. The van der Waals surface area contributed by atoms with Gasteiger partial charge in [0, 0.05) is 38.9 Å². The number of rotatable bonds is 5. The highest BCUT2D eigenvalue weighted by atomic mass is 32.2. The highest BCUT2D eigenvalue weighted by Gasteiger charge is 2.21. The van der Waals surface area contributed by atoms with Gasteiger partial charge in [-0.05, 0) is 24.6 Å². The summed E-state index contributed by atoms with van der Waals surface area (Å²) in [5.41, 5.74) is 2.65. The van der Waals surface area contributed by atoms with Crippen LogP contribution in [0.5, 0.6) is 0 Å². The minimum atomic E-state index is 0.209. The van der Waals surface area contributed by atoms with Gasteiger partial charge in [0.1, 0.15) is 0 Å². The summed E-state index contributed by atoms with van der Waals surface area (Å²) in [6, 6.07) is 14.4. The zero-order valence-electron chi connectivity index (χ0n) is 14.0. The number of carbonyl (C=O) groups excluding carboxylic acids is 1. The Hall–Kier alpha value is -1.85. The highest BCUT2D eigenvalue weighted by Crippen LogP contribution is 2.16. The van der Waals surface area contributed by atoms with Gasteiger partial charge in [-0.3, -0.25) is 9.69 Å². The predicted molar refractivity (Wildman–Crippen MR) is 98.0 cm³/mol. The lowest BCUT2D eigenvalue weighted by Crippen LogP contribution is -2.48. The minimum Gasteiger partial charge on any atom is -0.339 e. The zero-order valence-corrected chi connectivity index (χ0v) is 14.8. The van der Waals surface area contributed by atoms with Crippen molar-refractivity contribution in [1.29, 1.82) is 0 Å². The topological polar surface area (TPSA) is 36.4 Å². The quantitative estimate of drug-likeness (QED) is 0.784. The Morgan fingerprint density at radius 1 is 1.12 bits per heavy atom. The second-order valence-electron chi connectivity index (χ2n) is 6.10. The van der Waals surface area contributed by atoms with Crippen LogP contribution in [0.2, 0.25) is 0 Å². The van der Waals surface area contributed by atoms with Gasteiger partial charge in [-0.25, -0.2) is 4.98 Å². The van der Waals surface area contributed by atoms with Crippen LogP contribution in [0.1, 0.15) is 11.1 Å². The van der Waals surface area contributed by atoms with E-state index in [1.54, 1.807) is 6.20 Å². The fourth-order valence-electron chi connectivity index (χ4n) is 2.88. The Balaban J connectivity index is 1.43. The van der Waals surface area contributed by atoms with Gasteiger partial charge in [-0.1, -0.05) is 47.7 Å². The molecule has 2 aromatic rings. The molecule has 5 heteroatoms. The first-order valence-corrected chi connectivity index (χ1v) is 9.29. The van der Waals surface area contributed by atoms with E-state index in [0.717, 1.165) is 37.7 Å². The van der Waals surface area contributed by atoms with Crippen molar-refractivity contribution >= 4 is 17.7 Å². The van der Waals surface area contributed by atoms with Gasteiger partial charge in [0.25, 0.3) is 0 Å². The molecule has 1 amide bonds. The number of benzene rings is 1. The van der Waals surface area contributed by atoms with Crippen LogP contribution in [0.15, 0.2) is 53.7 Å². The van der Waals surface area contributed by atoms with E-state index in [0.29, 0.717) is 5.75 Å². The fourth-order valence-corrected chi connectivity index (χ4v) is 3.65. The lowest BCUT2D eigenvalue weighted by molar-refractivity contribution is -0.130. The highest BCUT2D eigenvalue weighted by molar-refractivity contribution is 7.99. The van der Waals surface area contributed by atoms with Crippen LogP contribution < -0.4 is 0 Å². The molecule has 4 nitrogen and oxygen atoms in total. The summed E-state index contributed by atoms with van der Waals surface area (Å²) < 4.78 is 0. The lowest BCUT2D eigenvalue weighted by atomic mass is 10.1. The fraction of sp³-hybridized carbons (Fsp3) is 0.368. The van der Waals surface area contributed by atoms with Crippen LogP contribution in [-0.2, 0) is 11.3 Å². The molecule has 0 unspecified atom stereocenters. The lowest BCUT2D eigenvalue weighted by Gasteiger charge is -2.34. The molecule has 0 aliphatic carbocycles. The minimum absolute atomic E-state index is 0.209. The van der Waals surface area contributed by atoms with Crippen molar-refractivity contribution in [3.8, 4) is 0 Å². The van der Waals surface area contributed by atoms with Gasteiger partial charge >= 0.3 is 0 Å². The maximum absolute atomic E-state index is 12.3. The van der Waals surface area contributed by atoms with E-state index in [9.17, 15) is 4.79 Å². The number of aryl methyl sites for hydroxylation is 1. The van der Waals surface area contributed by atoms with Gasteiger partial charge in [-0.2, -0.15) is 0 Å². The molecule has 1 saturated heterocycles. The molecule has 1 aliphatic rings. The first-order chi connectivity index (χ1) is 11.7. The average Bonchev–Trinajstić information content (AvgIpc) is 2.61. The summed E-state index contributed by atoms with van der Waals surface area (Å²) in [6.07, 6.45) is 1.76. The molecular weight excluding hydrogens is 318 g/mol. The third-order valence-corrected chi connectivity index (χ3v) is 5.12. The molecule has 126 valence electrons. The van der Waals surface area contributed by atoms with Crippen molar-refractivity contribution in [1.82, 2.24) is 14.8 Å². The van der Waals surface area contributed by atoms with Crippen molar-refractivity contribution in [2.45, 2.75) is 18.5 Å². The third-order valence-electron chi connectivity index (χ3n) is 4.19.